The lowest BCUT2D eigenvalue weighted by Gasteiger charge is -2.33. The van der Waals surface area contributed by atoms with E-state index in [-0.39, 0.29) is 18.6 Å². The van der Waals surface area contributed by atoms with E-state index in [1.54, 1.807) is 0 Å². The van der Waals surface area contributed by atoms with Gasteiger partial charge in [-0.3, -0.25) is 4.79 Å². The summed E-state index contributed by atoms with van der Waals surface area (Å²) in [6.07, 6.45) is 0. The number of carbonyl (C=O) groups excluding carboxylic acids is 1. The molecule has 0 aromatic carbocycles. The maximum absolute atomic E-state index is 12.4. The molecule has 1 fully saturated rings. The molecule has 1 unspecified atom stereocenters. The molecule has 0 spiro atoms. The summed E-state index contributed by atoms with van der Waals surface area (Å²) in [5.41, 5.74) is 0.692. The lowest BCUT2D eigenvalue weighted by atomic mass is 10.2. The van der Waals surface area contributed by atoms with Gasteiger partial charge in [0.1, 0.15) is 11.5 Å². The Balaban J connectivity index is 2.20. The minimum absolute atomic E-state index is 0.00281. The number of carbonyl (C=O) groups is 1. The highest BCUT2D eigenvalue weighted by molar-refractivity contribution is 7.12. The van der Waals surface area contributed by atoms with Crippen molar-refractivity contribution in [2.75, 3.05) is 26.4 Å². The number of rotatable bonds is 1. The van der Waals surface area contributed by atoms with Gasteiger partial charge >= 0.3 is 0 Å². The Bertz CT molecular complexity index is 486. The molecule has 1 atom stereocenters. The first-order chi connectivity index (χ1) is 8.74. The van der Waals surface area contributed by atoms with Crippen molar-refractivity contribution < 1.29 is 14.6 Å². The predicted octanol–water partition coefficient (Wildman–Crippen LogP) is 0.953. The molecule has 1 amide bonds. The first-order valence-corrected chi connectivity index (χ1v) is 6.68. The van der Waals surface area contributed by atoms with Gasteiger partial charge in [-0.2, -0.15) is 0 Å². The fourth-order valence-electron chi connectivity index (χ4n) is 1.87. The Labute approximate surface area is 110 Å². The Morgan fingerprint density at radius 3 is 3.28 bits per heavy atom. The fraction of sp³-hybridized carbons (Fsp3) is 0.462. The molecular formula is C13H15NO3S. The zero-order valence-electron chi connectivity index (χ0n) is 10.2. The van der Waals surface area contributed by atoms with Crippen LogP contribution in [0.15, 0.2) is 11.4 Å². The molecule has 2 rings (SSSR count). The molecule has 18 heavy (non-hydrogen) atoms. The molecule has 1 aliphatic heterocycles. The van der Waals surface area contributed by atoms with E-state index in [9.17, 15) is 4.79 Å². The van der Waals surface area contributed by atoms with Gasteiger partial charge in [0.05, 0.1) is 19.3 Å². The molecule has 2 heterocycles. The van der Waals surface area contributed by atoms with Crippen molar-refractivity contribution in [2.24, 2.45) is 0 Å². The van der Waals surface area contributed by atoms with Crippen LogP contribution in [-0.2, 0) is 4.74 Å². The monoisotopic (exact) mass is 265 g/mol. The largest absolute Gasteiger partial charge is 0.384 e. The van der Waals surface area contributed by atoms with E-state index in [0.717, 1.165) is 0 Å². The fourth-order valence-corrected chi connectivity index (χ4v) is 2.67. The number of hydrogen-bond acceptors (Lipinski definition) is 4. The molecule has 1 saturated heterocycles. The molecule has 1 aromatic rings. The number of hydrogen-bond donors (Lipinski definition) is 1. The minimum atomic E-state index is -0.197. The summed E-state index contributed by atoms with van der Waals surface area (Å²) in [4.78, 5) is 14.9. The molecule has 0 aliphatic carbocycles. The second-order valence-corrected chi connectivity index (χ2v) is 4.96. The average molecular weight is 265 g/mol. The number of ether oxygens (including phenoxy) is 1. The highest BCUT2D eigenvalue weighted by atomic mass is 32.1. The van der Waals surface area contributed by atoms with Crippen LogP contribution in [0.2, 0.25) is 0 Å². The average Bonchev–Trinajstić information content (AvgIpc) is 2.84. The van der Waals surface area contributed by atoms with Crippen LogP contribution in [0.25, 0.3) is 0 Å². The first kappa shape index (κ1) is 13.1. The Morgan fingerprint density at radius 1 is 1.72 bits per heavy atom. The summed E-state index contributed by atoms with van der Waals surface area (Å²) < 4.78 is 5.32. The van der Waals surface area contributed by atoms with Gasteiger partial charge in [0.2, 0.25) is 0 Å². The van der Waals surface area contributed by atoms with Crippen LogP contribution in [0.5, 0.6) is 0 Å². The molecule has 0 radical (unpaired) electrons. The second-order valence-electron chi connectivity index (χ2n) is 4.05. The zero-order chi connectivity index (χ0) is 13.0. The maximum atomic E-state index is 12.4. The van der Waals surface area contributed by atoms with Crippen molar-refractivity contribution in [3.63, 3.8) is 0 Å². The SMILES string of the molecule is CC1COCCN1C(=O)c1sccc1C#CCO. The number of nitrogens with zero attached hydrogens (tertiary/aromatic N) is 1. The van der Waals surface area contributed by atoms with Crippen molar-refractivity contribution in [1.29, 1.82) is 0 Å². The van der Waals surface area contributed by atoms with Gasteiger partial charge in [0.25, 0.3) is 5.91 Å². The Hall–Kier alpha value is -1.35. The summed E-state index contributed by atoms with van der Waals surface area (Å²) in [6, 6.07) is 1.90. The van der Waals surface area contributed by atoms with Crippen LogP contribution < -0.4 is 0 Å². The van der Waals surface area contributed by atoms with Crippen molar-refractivity contribution in [2.45, 2.75) is 13.0 Å². The van der Waals surface area contributed by atoms with Gasteiger partial charge in [-0.05, 0) is 18.4 Å². The van der Waals surface area contributed by atoms with E-state index in [4.69, 9.17) is 9.84 Å². The van der Waals surface area contributed by atoms with Crippen molar-refractivity contribution >= 4 is 17.2 Å². The molecule has 96 valence electrons. The van der Waals surface area contributed by atoms with Gasteiger partial charge in [0.15, 0.2) is 0 Å². The van der Waals surface area contributed by atoms with E-state index in [1.807, 2.05) is 23.3 Å². The van der Waals surface area contributed by atoms with E-state index >= 15 is 0 Å². The number of aliphatic hydroxyl groups is 1. The lowest BCUT2D eigenvalue weighted by molar-refractivity contribution is 0.00385. The molecule has 4 nitrogen and oxygen atoms in total. The topological polar surface area (TPSA) is 49.8 Å². The third-order valence-electron chi connectivity index (χ3n) is 2.79. The van der Waals surface area contributed by atoms with Crippen molar-refractivity contribution in [3.8, 4) is 11.8 Å². The van der Waals surface area contributed by atoms with Crippen LogP contribution in [-0.4, -0.2) is 48.3 Å². The molecule has 5 heteroatoms. The number of morpholine rings is 1. The first-order valence-electron chi connectivity index (χ1n) is 5.80. The van der Waals surface area contributed by atoms with Gasteiger partial charge in [-0.15, -0.1) is 11.3 Å². The third-order valence-corrected chi connectivity index (χ3v) is 3.69. The smallest absolute Gasteiger partial charge is 0.265 e. The van der Waals surface area contributed by atoms with E-state index in [1.165, 1.54) is 11.3 Å². The summed E-state index contributed by atoms with van der Waals surface area (Å²) in [5, 5.41) is 10.6. The standard InChI is InChI=1S/C13H15NO3S/c1-10-9-17-7-5-14(10)13(16)12-11(3-2-6-15)4-8-18-12/h4,8,10,15H,5-7,9H2,1H3. The lowest BCUT2D eigenvalue weighted by Crippen LogP contribution is -2.47. The predicted molar refractivity (Wildman–Crippen MR) is 69.6 cm³/mol. The van der Waals surface area contributed by atoms with Crippen LogP contribution in [0.4, 0.5) is 0 Å². The number of amides is 1. The van der Waals surface area contributed by atoms with Gasteiger partial charge in [0, 0.05) is 12.1 Å². The number of thiophene rings is 1. The van der Waals surface area contributed by atoms with E-state index in [2.05, 4.69) is 11.8 Å². The maximum Gasteiger partial charge on any atom is 0.265 e. The summed E-state index contributed by atoms with van der Waals surface area (Å²) in [7, 11) is 0. The van der Waals surface area contributed by atoms with Gasteiger partial charge in [-0.25, -0.2) is 0 Å². The van der Waals surface area contributed by atoms with E-state index in [0.29, 0.717) is 30.2 Å². The molecule has 1 N–H and O–H groups in total. The molecule has 1 aromatic heterocycles. The van der Waals surface area contributed by atoms with Crippen LogP contribution in [0.3, 0.4) is 0 Å². The van der Waals surface area contributed by atoms with Gasteiger partial charge < -0.3 is 14.7 Å². The van der Waals surface area contributed by atoms with Crippen molar-refractivity contribution in [1.82, 2.24) is 4.90 Å². The minimum Gasteiger partial charge on any atom is -0.384 e. The molecular weight excluding hydrogens is 250 g/mol. The number of aliphatic hydroxyl groups excluding tert-OH is 1. The van der Waals surface area contributed by atoms with Gasteiger partial charge in [-0.1, -0.05) is 11.8 Å². The van der Waals surface area contributed by atoms with Crippen LogP contribution in [0.1, 0.15) is 22.2 Å². The molecule has 0 saturated carbocycles. The third kappa shape index (κ3) is 2.72. The highest BCUT2D eigenvalue weighted by Crippen LogP contribution is 2.20. The Kier molecular flexibility index (Phi) is 4.37. The van der Waals surface area contributed by atoms with Crippen LogP contribution in [0, 0.1) is 11.8 Å². The summed E-state index contributed by atoms with van der Waals surface area (Å²) in [5.74, 6) is 5.39. The molecule has 0 bridgehead atoms. The normalized spacial score (nSPS) is 19.2. The summed E-state index contributed by atoms with van der Waals surface area (Å²) in [6.45, 7) is 3.56. The van der Waals surface area contributed by atoms with Crippen molar-refractivity contribution in [3.05, 3.63) is 21.9 Å². The quantitative estimate of drug-likeness (QED) is 0.769. The highest BCUT2D eigenvalue weighted by Gasteiger charge is 2.26. The Morgan fingerprint density at radius 2 is 2.56 bits per heavy atom. The van der Waals surface area contributed by atoms with E-state index < -0.39 is 0 Å². The van der Waals surface area contributed by atoms with Crippen LogP contribution >= 0.6 is 11.3 Å². The molecule has 1 aliphatic rings. The zero-order valence-corrected chi connectivity index (χ0v) is 11.0. The second kappa shape index (κ2) is 6.01. The summed E-state index contributed by atoms with van der Waals surface area (Å²) >= 11 is 1.39.